The summed E-state index contributed by atoms with van der Waals surface area (Å²) >= 11 is 0. The van der Waals surface area contributed by atoms with Crippen LogP contribution in [-0.2, 0) is 0 Å². The molecule has 0 radical (unpaired) electrons. The third kappa shape index (κ3) is 4.40. The Labute approximate surface area is 165 Å². The lowest BCUT2D eigenvalue weighted by Crippen LogP contribution is -2.44. The summed E-state index contributed by atoms with van der Waals surface area (Å²) in [6.07, 6.45) is 1.57. The molecule has 6 heteroatoms. The minimum absolute atomic E-state index is 0.163. The van der Waals surface area contributed by atoms with E-state index in [1.165, 1.54) is 0 Å². The standard InChI is InChI=1S/C22H24N6/c1-27-12-14-28(15-13-27)21-16-20(23-17-24-21)25-26-22(18-8-4-2-5-9-18)19-10-6-3-7-11-19/h2-11,16-17,22H,12-15H2,1H3. The zero-order valence-electron chi connectivity index (χ0n) is 16.0. The first-order chi connectivity index (χ1) is 13.8. The number of aromatic nitrogens is 2. The van der Waals surface area contributed by atoms with Crippen molar-refractivity contribution in [3.63, 3.8) is 0 Å². The first kappa shape index (κ1) is 18.3. The molecule has 1 aliphatic rings. The number of piperazine rings is 1. The van der Waals surface area contributed by atoms with Crippen LogP contribution in [0.15, 0.2) is 83.3 Å². The maximum Gasteiger partial charge on any atom is 0.179 e. The average molecular weight is 372 g/mol. The van der Waals surface area contributed by atoms with E-state index in [4.69, 9.17) is 0 Å². The maximum atomic E-state index is 4.64. The molecule has 0 aliphatic carbocycles. The highest BCUT2D eigenvalue weighted by Crippen LogP contribution is 2.28. The Morgan fingerprint density at radius 2 is 1.43 bits per heavy atom. The lowest BCUT2D eigenvalue weighted by Gasteiger charge is -2.33. The zero-order valence-corrected chi connectivity index (χ0v) is 16.0. The Balaban J connectivity index is 1.58. The largest absolute Gasteiger partial charge is 0.354 e. The van der Waals surface area contributed by atoms with Crippen LogP contribution in [0.25, 0.3) is 0 Å². The van der Waals surface area contributed by atoms with Crippen molar-refractivity contribution in [1.29, 1.82) is 0 Å². The summed E-state index contributed by atoms with van der Waals surface area (Å²) in [5.74, 6) is 1.49. The molecule has 1 aliphatic heterocycles. The summed E-state index contributed by atoms with van der Waals surface area (Å²) < 4.78 is 0. The average Bonchev–Trinajstić information content (AvgIpc) is 2.76. The lowest BCUT2D eigenvalue weighted by molar-refractivity contribution is 0.312. The van der Waals surface area contributed by atoms with E-state index in [1.54, 1.807) is 6.33 Å². The van der Waals surface area contributed by atoms with Gasteiger partial charge in [-0.05, 0) is 18.2 Å². The number of likely N-dealkylation sites (N-methyl/N-ethyl adjacent to an activating group) is 1. The molecule has 2 heterocycles. The van der Waals surface area contributed by atoms with E-state index in [-0.39, 0.29) is 6.04 Å². The molecule has 28 heavy (non-hydrogen) atoms. The van der Waals surface area contributed by atoms with Gasteiger partial charge in [-0.1, -0.05) is 60.7 Å². The molecular formula is C22H24N6. The van der Waals surface area contributed by atoms with Crippen LogP contribution in [0.4, 0.5) is 11.6 Å². The SMILES string of the molecule is CN1CCN(c2cc(N=NC(c3ccccc3)c3ccccc3)ncn2)CC1. The Kier molecular flexibility index (Phi) is 5.68. The summed E-state index contributed by atoms with van der Waals surface area (Å²) in [7, 11) is 2.14. The van der Waals surface area contributed by atoms with Gasteiger partial charge in [0.25, 0.3) is 0 Å². The van der Waals surface area contributed by atoms with Crippen LogP contribution in [0.1, 0.15) is 17.2 Å². The molecule has 0 amide bonds. The normalized spacial score (nSPS) is 15.4. The monoisotopic (exact) mass is 372 g/mol. The summed E-state index contributed by atoms with van der Waals surface area (Å²) in [6, 6.07) is 22.2. The number of hydrogen-bond acceptors (Lipinski definition) is 6. The van der Waals surface area contributed by atoms with E-state index in [1.807, 2.05) is 42.5 Å². The number of anilines is 1. The molecule has 0 unspecified atom stereocenters. The summed E-state index contributed by atoms with van der Waals surface area (Å²) in [4.78, 5) is 13.3. The van der Waals surface area contributed by atoms with Gasteiger partial charge in [-0.2, -0.15) is 5.11 Å². The predicted octanol–water partition coefficient (Wildman–Crippen LogP) is 4.10. The minimum atomic E-state index is -0.163. The van der Waals surface area contributed by atoms with Crippen molar-refractivity contribution in [2.45, 2.75) is 6.04 Å². The number of nitrogens with zero attached hydrogens (tertiary/aromatic N) is 6. The molecule has 0 atom stereocenters. The van der Waals surface area contributed by atoms with Gasteiger partial charge in [0.15, 0.2) is 5.82 Å². The molecule has 2 aromatic carbocycles. The number of benzene rings is 2. The second-order valence-electron chi connectivity index (χ2n) is 6.96. The first-order valence-corrected chi connectivity index (χ1v) is 9.56. The lowest BCUT2D eigenvalue weighted by atomic mass is 10.00. The minimum Gasteiger partial charge on any atom is -0.354 e. The van der Waals surface area contributed by atoms with Gasteiger partial charge in [0.2, 0.25) is 0 Å². The van der Waals surface area contributed by atoms with Crippen molar-refractivity contribution in [3.8, 4) is 0 Å². The third-order valence-corrected chi connectivity index (χ3v) is 4.97. The fraction of sp³-hybridized carbons (Fsp3) is 0.273. The zero-order chi connectivity index (χ0) is 19.2. The predicted molar refractivity (Wildman–Crippen MR) is 111 cm³/mol. The molecule has 3 aromatic rings. The van der Waals surface area contributed by atoms with Crippen molar-refractivity contribution in [3.05, 3.63) is 84.2 Å². The van der Waals surface area contributed by atoms with Gasteiger partial charge in [0.05, 0.1) is 0 Å². The van der Waals surface area contributed by atoms with Gasteiger partial charge in [0.1, 0.15) is 18.2 Å². The Morgan fingerprint density at radius 3 is 2.04 bits per heavy atom. The molecular weight excluding hydrogens is 348 g/mol. The maximum absolute atomic E-state index is 4.64. The number of hydrogen-bond donors (Lipinski definition) is 0. The molecule has 1 saturated heterocycles. The van der Waals surface area contributed by atoms with Crippen LogP contribution in [-0.4, -0.2) is 48.1 Å². The van der Waals surface area contributed by atoms with E-state index in [0.29, 0.717) is 5.82 Å². The van der Waals surface area contributed by atoms with Crippen LogP contribution < -0.4 is 4.90 Å². The van der Waals surface area contributed by atoms with E-state index in [9.17, 15) is 0 Å². The number of rotatable bonds is 5. The Hall–Kier alpha value is -3.12. The van der Waals surface area contributed by atoms with Crippen molar-refractivity contribution < 1.29 is 0 Å². The quantitative estimate of drug-likeness (QED) is 0.633. The molecule has 0 bridgehead atoms. The molecule has 142 valence electrons. The van der Waals surface area contributed by atoms with Gasteiger partial charge >= 0.3 is 0 Å². The topological polar surface area (TPSA) is 57.0 Å². The van der Waals surface area contributed by atoms with Gasteiger partial charge in [-0.25, -0.2) is 9.97 Å². The van der Waals surface area contributed by atoms with Gasteiger partial charge in [-0.3, -0.25) is 0 Å². The highest BCUT2D eigenvalue weighted by Gasteiger charge is 2.16. The van der Waals surface area contributed by atoms with Crippen molar-refractivity contribution in [1.82, 2.24) is 14.9 Å². The summed E-state index contributed by atoms with van der Waals surface area (Å²) in [6.45, 7) is 3.98. The van der Waals surface area contributed by atoms with Crippen LogP contribution in [0.2, 0.25) is 0 Å². The second kappa shape index (κ2) is 8.71. The van der Waals surface area contributed by atoms with Gasteiger partial charge in [-0.15, -0.1) is 5.11 Å². The van der Waals surface area contributed by atoms with E-state index >= 15 is 0 Å². The molecule has 0 N–H and O–H groups in total. The summed E-state index contributed by atoms with van der Waals surface area (Å²) in [5, 5.41) is 9.11. The van der Waals surface area contributed by atoms with E-state index in [2.05, 4.69) is 61.3 Å². The Morgan fingerprint density at radius 1 is 0.821 bits per heavy atom. The highest BCUT2D eigenvalue weighted by atomic mass is 15.3. The van der Waals surface area contributed by atoms with Crippen molar-refractivity contribution in [2.24, 2.45) is 10.2 Å². The first-order valence-electron chi connectivity index (χ1n) is 9.56. The van der Waals surface area contributed by atoms with Crippen LogP contribution in [0.5, 0.6) is 0 Å². The van der Waals surface area contributed by atoms with Gasteiger partial charge in [0, 0.05) is 32.2 Å². The second-order valence-corrected chi connectivity index (χ2v) is 6.96. The van der Waals surface area contributed by atoms with Crippen molar-refractivity contribution >= 4 is 11.6 Å². The Bertz CT molecular complexity index is 865. The molecule has 0 saturated carbocycles. The third-order valence-electron chi connectivity index (χ3n) is 4.97. The van der Waals surface area contributed by atoms with Gasteiger partial charge < -0.3 is 9.80 Å². The molecule has 6 nitrogen and oxygen atoms in total. The summed E-state index contributed by atoms with van der Waals surface area (Å²) in [5.41, 5.74) is 2.21. The van der Waals surface area contributed by atoms with Crippen LogP contribution >= 0.6 is 0 Å². The van der Waals surface area contributed by atoms with E-state index < -0.39 is 0 Å². The smallest absolute Gasteiger partial charge is 0.179 e. The molecule has 4 rings (SSSR count). The van der Waals surface area contributed by atoms with Crippen LogP contribution in [0, 0.1) is 0 Å². The van der Waals surface area contributed by atoms with Crippen molar-refractivity contribution in [2.75, 3.05) is 38.1 Å². The van der Waals surface area contributed by atoms with E-state index in [0.717, 1.165) is 43.1 Å². The number of azo groups is 1. The molecule has 1 aromatic heterocycles. The van der Waals surface area contributed by atoms with Crippen LogP contribution in [0.3, 0.4) is 0 Å². The highest BCUT2D eigenvalue weighted by molar-refractivity contribution is 5.45. The molecule has 1 fully saturated rings. The fourth-order valence-electron chi connectivity index (χ4n) is 3.31. The fourth-order valence-corrected chi connectivity index (χ4v) is 3.31. The molecule has 0 spiro atoms.